The summed E-state index contributed by atoms with van der Waals surface area (Å²) in [5, 5.41) is 0. The minimum atomic E-state index is -1.29. The highest BCUT2D eigenvalue weighted by Gasteiger charge is 2.28. The monoisotopic (exact) mass is 560 g/mol. The summed E-state index contributed by atoms with van der Waals surface area (Å²) in [5.41, 5.74) is 0.221. The Morgan fingerprint density at radius 1 is 0.700 bits per heavy atom. The Labute approximate surface area is 231 Å². The minimum absolute atomic E-state index is 0.134. The molecule has 40 heavy (non-hydrogen) atoms. The number of ether oxygens (including phenoxy) is 1. The lowest BCUT2D eigenvalue weighted by Crippen LogP contribution is -2.16. The number of benzene rings is 3. The molecule has 1 fully saturated rings. The van der Waals surface area contributed by atoms with Crippen LogP contribution in [0, 0.1) is 40.8 Å². The maximum atomic E-state index is 15.1. The van der Waals surface area contributed by atoms with Crippen LogP contribution in [-0.4, -0.2) is 6.61 Å². The molecular formula is C33H34F6O. The first kappa shape index (κ1) is 29.8. The van der Waals surface area contributed by atoms with Gasteiger partial charge in [0.15, 0.2) is 34.8 Å². The number of rotatable bonds is 10. The average molecular weight is 561 g/mol. The third-order valence-electron chi connectivity index (χ3n) is 7.92. The molecule has 3 aromatic rings. The van der Waals surface area contributed by atoms with Gasteiger partial charge in [-0.1, -0.05) is 36.4 Å². The van der Waals surface area contributed by atoms with Crippen LogP contribution in [0.3, 0.4) is 0 Å². The van der Waals surface area contributed by atoms with Gasteiger partial charge in [-0.25, -0.2) is 22.0 Å². The fourth-order valence-electron chi connectivity index (χ4n) is 5.64. The highest BCUT2D eigenvalue weighted by Crippen LogP contribution is 2.41. The summed E-state index contributed by atoms with van der Waals surface area (Å²) >= 11 is 0. The Kier molecular flexibility index (Phi) is 9.99. The Bertz CT molecular complexity index is 1360. The number of hydrogen-bond donors (Lipinski definition) is 0. The lowest BCUT2D eigenvalue weighted by atomic mass is 9.76. The van der Waals surface area contributed by atoms with E-state index in [2.05, 4.69) is 0 Å². The summed E-state index contributed by atoms with van der Waals surface area (Å²) in [7, 11) is 0. The zero-order chi connectivity index (χ0) is 28.8. The molecule has 0 N–H and O–H groups in total. The highest BCUT2D eigenvalue weighted by atomic mass is 19.2. The standard InChI is InChI=1S/C33H34F6O/c1-3-5-6-7-22-14-15-23(29(35)28(22)34)13-10-20-8-11-21(12-9-20)24-16-17-25(31(37)30(24)36)26-18-19-27(40-4-2)33(39)32(26)38/h3,5,14-21H,4,6-13H2,1-2H3/b5-3+. The molecule has 214 valence electrons. The molecule has 1 nitrogen and oxygen atoms in total. The van der Waals surface area contributed by atoms with Crippen molar-refractivity contribution in [2.75, 3.05) is 6.61 Å². The third-order valence-corrected chi connectivity index (χ3v) is 7.92. The molecule has 0 spiro atoms. The highest BCUT2D eigenvalue weighted by molar-refractivity contribution is 5.66. The molecule has 0 aromatic heterocycles. The van der Waals surface area contributed by atoms with Crippen LogP contribution >= 0.6 is 0 Å². The lowest BCUT2D eigenvalue weighted by Gasteiger charge is -2.29. The van der Waals surface area contributed by atoms with Crippen LogP contribution in [0.5, 0.6) is 5.75 Å². The second-order valence-corrected chi connectivity index (χ2v) is 10.4. The first-order chi connectivity index (χ1) is 19.3. The Hall–Kier alpha value is -3.22. The van der Waals surface area contributed by atoms with Gasteiger partial charge in [0.05, 0.1) is 6.61 Å². The van der Waals surface area contributed by atoms with Gasteiger partial charge in [0.2, 0.25) is 5.82 Å². The van der Waals surface area contributed by atoms with E-state index >= 15 is 8.78 Å². The van der Waals surface area contributed by atoms with E-state index < -0.39 is 34.9 Å². The molecule has 0 heterocycles. The van der Waals surface area contributed by atoms with E-state index in [1.54, 1.807) is 19.1 Å². The Morgan fingerprint density at radius 3 is 1.93 bits per heavy atom. The SMILES string of the molecule is C/C=C/CCc1ccc(CCC2CCC(c3ccc(-c4ccc(OCC)c(F)c4F)c(F)c3F)CC2)c(F)c1F. The normalized spacial score (nSPS) is 17.5. The molecule has 1 aliphatic carbocycles. The quantitative estimate of drug-likeness (QED) is 0.177. The largest absolute Gasteiger partial charge is 0.491 e. The van der Waals surface area contributed by atoms with Gasteiger partial charge >= 0.3 is 0 Å². The van der Waals surface area contributed by atoms with Crippen molar-refractivity contribution in [1.82, 2.24) is 0 Å². The summed E-state index contributed by atoms with van der Waals surface area (Å²) in [6.07, 6.45) is 8.72. The van der Waals surface area contributed by atoms with E-state index in [0.29, 0.717) is 49.7 Å². The minimum Gasteiger partial charge on any atom is -0.491 e. The van der Waals surface area contributed by atoms with E-state index in [-0.39, 0.29) is 40.9 Å². The average Bonchev–Trinajstić information content (AvgIpc) is 2.96. The Morgan fingerprint density at radius 2 is 1.30 bits per heavy atom. The van der Waals surface area contributed by atoms with Gasteiger partial charge in [0.25, 0.3) is 0 Å². The van der Waals surface area contributed by atoms with Crippen LogP contribution in [0.15, 0.2) is 48.6 Å². The predicted molar refractivity (Wildman–Crippen MR) is 145 cm³/mol. The van der Waals surface area contributed by atoms with Crippen LogP contribution < -0.4 is 4.74 Å². The lowest BCUT2D eigenvalue weighted by molar-refractivity contribution is 0.303. The zero-order valence-corrected chi connectivity index (χ0v) is 22.8. The van der Waals surface area contributed by atoms with Gasteiger partial charge in [0, 0.05) is 11.1 Å². The van der Waals surface area contributed by atoms with Gasteiger partial charge in [-0.05, 0) is 106 Å². The van der Waals surface area contributed by atoms with E-state index in [4.69, 9.17) is 4.74 Å². The molecule has 0 saturated heterocycles. The Balaban J connectivity index is 1.38. The number of hydrogen-bond acceptors (Lipinski definition) is 1. The molecule has 0 radical (unpaired) electrons. The van der Waals surface area contributed by atoms with Crippen LogP contribution in [0.1, 0.15) is 75.0 Å². The first-order valence-corrected chi connectivity index (χ1v) is 13.9. The summed E-state index contributed by atoms with van der Waals surface area (Å²) in [6, 6.07) is 8.43. The molecule has 0 amide bonds. The second-order valence-electron chi connectivity index (χ2n) is 10.4. The molecule has 0 atom stereocenters. The number of aryl methyl sites for hydroxylation is 2. The number of allylic oxidation sites excluding steroid dienone is 2. The third kappa shape index (κ3) is 6.39. The summed E-state index contributed by atoms with van der Waals surface area (Å²) < 4.78 is 93.3. The topological polar surface area (TPSA) is 9.23 Å². The van der Waals surface area contributed by atoms with Gasteiger partial charge in [-0.2, -0.15) is 4.39 Å². The predicted octanol–water partition coefficient (Wildman–Crippen LogP) is 10.0. The van der Waals surface area contributed by atoms with Gasteiger partial charge in [0.1, 0.15) is 0 Å². The smallest absolute Gasteiger partial charge is 0.201 e. The van der Waals surface area contributed by atoms with Crippen molar-refractivity contribution in [1.29, 1.82) is 0 Å². The molecule has 1 aliphatic rings. The van der Waals surface area contributed by atoms with Crippen molar-refractivity contribution in [3.63, 3.8) is 0 Å². The molecular weight excluding hydrogens is 526 g/mol. The van der Waals surface area contributed by atoms with E-state index in [1.807, 2.05) is 19.1 Å². The van der Waals surface area contributed by atoms with Gasteiger partial charge in [-0.15, -0.1) is 0 Å². The van der Waals surface area contributed by atoms with Crippen molar-refractivity contribution in [3.8, 4) is 16.9 Å². The van der Waals surface area contributed by atoms with E-state index in [9.17, 15) is 17.6 Å². The molecule has 1 saturated carbocycles. The van der Waals surface area contributed by atoms with Crippen LogP contribution in [0.25, 0.3) is 11.1 Å². The second kappa shape index (κ2) is 13.4. The van der Waals surface area contributed by atoms with Crippen molar-refractivity contribution >= 4 is 0 Å². The maximum Gasteiger partial charge on any atom is 0.201 e. The summed E-state index contributed by atoms with van der Waals surface area (Å²) in [6.45, 7) is 3.64. The van der Waals surface area contributed by atoms with Gasteiger partial charge in [-0.3, -0.25) is 0 Å². The molecule has 0 bridgehead atoms. The van der Waals surface area contributed by atoms with Crippen molar-refractivity contribution in [3.05, 3.63) is 100 Å². The fraction of sp³-hybridized carbons (Fsp3) is 0.394. The van der Waals surface area contributed by atoms with E-state index in [1.165, 1.54) is 24.3 Å². The molecule has 0 aliphatic heterocycles. The van der Waals surface area contributed by atoms with Crippen molar-refractivity contribution in [2.45, 2.75) is 71.1 Å². The maximum absolute atomic E-state index is 15.1. The van der Waals surface area contributed by atoms with Crippen LogP contribution in [-0.2, 0) is 12.8 Å². The summed E-state index contributed by atoms with van der Waals surface area (Å²) in [5.74, 6) is -6.61. The van der Waals surface area contributed by atoms with Crippen molar-refractivity contribution < 1.29 is 31.1 Å². The van der Waals surface area contributed by atoms with E-state index in [0.717, 1.165) is 12.8 Å². The molecule has 4 rings (SSSR count). The first-order valence-electron chi connectivity index (χ1n) is 13.9. The molecule has 3 aromatic carbocycles. The number of halogens is 6. The van der Waals surface area contributed by atoms with Crippen LogP contribution in [0.2, 0.25) is 0 Å². The molecule has 7 heteroatoms. The fourth-order valence-corrected chi connectivity index (χ4v) is 5.64. The summed E-state index contributed by atoms with van der Waals surface area (Å²) in [4.78, 5) is 0. The van der Waals surface area contributed by atoms with Crippen LogP contribution in [0.4, 0.5) is 26.3 Å². The van der Waals surface area contributed by atoms with Crippen molar-refractivity contribution in [2.24, 2.45) is 5.92 Å². The zero-order valence-electron chi connectivity index (χ0n) is 22.8. The molecule has 0 unspecified atom stereocenters. The van der Waals surface area contributed by atoms with Gasteiger partial charge < -0.3 is 4.74 Å².